The second kappa shape index (κ2) is 9.63. The average Bonchev–Trinajstić information content (AvgIpc) is 3.45. The molecule has 2 aromatic rings. The smallest absolute Gasteiger partial charge is 0.475 e. The molecule has 0 aromatic carbocycles. The van der Waals surface area contributed by atoms with Crippen LogP contribution < -0.4 is 0 Å². The van der Waals surface area contributed by atoms with Gasteiger partial charge in [-0.1, -0.05) is 5.21 Å². The van der Waals surface area contributed by atoms with Crippen LogP contribution in [-0.2, 0) is 22.6 Å². The summed E-state index contributed by atoms with van der Waals surface area (Å²) in [7, 11) is 1.69. The van der Waals surface area contributed by atoms with Crippen molar-refractivity contribution in [3.8, 4) is 0 Å². The van der Waals surface area contributed by atoms with Crippen molar-refractivity contribution in [3.05, 3.63) is 41.0 Å². The first kappa shape index (κ1) is 23.6. The summed E-state index contributed by atoms with van der Waals surface area (Å²) < 4.78 is 39.2. The molecule has 1 N–H and O–H groups in total. The maximum atomic E-state index is 12.9. The normalized spacial score (nSPS) is 17.9. The summed E-state index contributed by atoms with van der Waals surface area (Å²) in [5, 5.41) is 15.8. The van der Waals surface area contributed by atoms with Gasteiger partial charge in [-0.2, -0.15) is 13.2 Å². The molecule has 2 aromatic heterocycles. The number of fused-ring (bicyclic) bond motifs is 1. The lowest BCUT2D eigenvalue weighted by molar-refractivity contribution is -0.192. The van der Waals surface area contributed by atoms with E-state index in [0.717, 1.165) is 29.4 Å². The van der Waals surface area contributed by atoms with Gasteiger partial charge in [0.05, 0.1) is 24.4 Å². The fourth-order valence-corrected chi connectivity index (χ4v) is 3.54. The zero-order chi connectivity index (χ0) is 23.5. The third-order valence-corrected chi connectivity index (χ3v) is 5.16. The zero-order valence-corrected chi connectivity index (χ0v) is 17.7. The first-order chi connectivity index (χ1) is 15.1. The first-order valence-electron chi connectivity index (χ1n) is 10.0. The van der Waals surface area contributed by atoms with E-state index in [2.05, 4.69) is 15.3 Å². The second-order valence-corrected chi connectivity index (χ2v) is 7.94. The zero-order valence-electron chi connectivity index (χ0n) is 17.7. The van der Waals surface area contributed by atoms with Crippen molar-refractivity contribution in [1.29, 1.82) is 0 Å². The van der Waals surface area contributed by atoms with E-state index in [1.165, 1.54) is 12.8 Å². The van der Waals surface area contributed by atoms with E-state index in [1.807, 2.05) is 22.6 Å². The van der Waals surface area contributed by atoms with Crippen LogP contribution in [0.4, 0.5) is 13.2 Å². The van der Waals surface area contributed by atoms with E-state index in [9.17, 15) is 18.0 Å². The number of amides is 1. The van der Waals surface area contributed by atoms with Crippen molar-refractivity contribution < 1.29 is 32.6 Å². The van der Waals surface area contributed by atoms with Crippen LogP contribution in [0.5, 0.6) is 0 Å². The number of alkyl halides is 3. The number of hydrogen-bond acceptors (Lipinski definition) is 6. The molecule has 9 nitrogen and oxygen atoms in total. The van der Waals surface area contributed by atoms with Crippen LogP contribution in [-0.4, -0.2) is 68.3 Å². The molecule has 0 bridgehead atoms. The minimum atomic E-state index is -5.08. The van der Waals surface area contributed by atoms with Gasteiger partial charge in [-0.05, 0) is 37.3 Å². The highest BCUT2D eigenvalue weighted by molar-refractivity contribution is 5.94. The average molecular weight is 455 g/mol. The van der Waals surface area contributed by atoms with Crippen molar-refractivity contribution in [3.63, 3.8) is 0 Å². The molecule has 2 aliphatic rings. The van der Waals surface area contributed by atoms with E-state index >= 15 is 0 Å². The number of carboxylic acids is 1. The van der Waals surface area contributed by atoms with E-state index < -0.39 is 12.1 Å². The number of aliphatic carboxylic acids is 1. The lowest BCUT2D eigenvalue weighted by Crippen LogP contribution is -2.40. The predicted molar refractivity (Wildman–Crippen MR) is 105 cm³/mol. The van der Waals surface area contributed by atoms with Gasteiger partial charge in [0.1, 0.15) is 5.69 Å². The molecule has 174 valence electrons. The Morgan fingerprint density at radius 1 is 1.28 bits per heavy atom. The Labute approximate surface area is 182 Å². The van der Waals surface area contributed by atoms with E-state index in [-0.39, 0.29) is 11.8 Å². The maximum absolute atomic E-state index is 12.9. The highest BCUT2D eigenvalue weighted by Crippen LogP contribution is 2.34. The standard InChI is InChI=1S/C18H23N5O2.C2HF3O2/c1-12-5-14(7-19-6-12)18(24)22-9-15(11-25-2)17-16(10-22)20-21-23(17)8-13-3-4-13;3-2(4,5)1(6)7/h5-7,13,15H,3-4,8-11H2,1-2H3;(H,6,7). The SMILES string of the molecule is COCC1CN(C(=O)c2cncc(C)c2)Cc2nnn(CC3CC3)c21.O=C(O)C(F)(F)F. The molecule has 4 rings (SSSR count). The number of rotatable bonds is 5. The predicted octanol–water partition coefficient (Wildman–Crippen LogP) is 2.41. The Bertz CT molecular complexity index is 974. The Balaban J connectivity index is 0.000000360. The van der Waals surface area contributed by atoms with Gasteiger partial charge >= 0.3 is 12.1 Å². The summed E-state index contributed by atoms with van der Waals surface area (Å²) in [5.74, 6) is -1.94. The lowest BCUT2D eigenvalue weighted by Gasteiger charge is -2.32. The Morgan fingerprint density at radius 3 is 2.53 bits per heavy atom. The minimum absolute atomic E-state index is 0.0142. The van der Waals surface area contributed by atoms with E-state index in [0.29, 0.717) is 25.3 Å². The summed E-state index contributed by atoms with van der Waals surface area (Å²) in [6.45, 7) is 4.53. The fourth-order valence-electron chi connectivity index (χ4n) is 3.54. The van der Waals surface area contributed by atoms with Crippen molar-refractivity contribution >= 4 is 11.9 Å². The fraction of sp³-hybridized carbons (Fsp3) is 0.550. The molecule has 0 saturated heterocycles. The number of carbonyl (C=O) groups excluding carboxylic acids is 1. The number of carboxylic acid groups (broad SMARTS) is 1. The second-order valence-electron chi connectivity index (χ2n) is 7.94. The highest BCUT2D eigenvalue weighted by Gasteiger charge is 2.38. The molecule has 1 aliphatic heterocycles. The molecule has 12 heteroatoms. The van der Waals surface area contributed by atoms with Gasteiger partial charge in [0.15, 0.2) is 0 Å². The molecular formula is C20H24F3N5O4. The maximum Gasteiger partial charge on any atom is 0.490 e. The number of carbonyl (C=O) groups is 2. The minimum Gasteiger partial charge on any atom is -0.475 e. The monoisotopic (exact) mass is 455 g/mol. The van der Waals surface area contributed by atoms with Gasteiger partial charge in [-0.3, -0.25) is 9.78 Å². The van der Waals surface area contributed by atoms with Crippen LogP contribution in [0.15, 0.2) is 18.5 Å². The van der Waals surface area contributed by atoms with Crippen molar-refractivity contribution in [1.82, 2.24) is 24.9 Å². The highest BCUT2D eigenvalue weighted by atomic mass is 19.4. The van der Waals surface area contributed by atoms with E-state index in [1.54, 1.807) is 19.5 Å². The molecule has 1 atom stereocenters. The Hall–Kier alpha value is -3.02. The van der Waals surface area contributed by atoms with Crippen LogP contribution in [0.25, 0.3) is 0 Å². The van der Waals surface area contributed by atoms with Gasteiger partial charge in [-0.15, -0.1) is 5.10 Å². The molecule has 0 spiro atoms. The molecule has 1 amide bonds. The number of hydrogen-bond donors (Lipinski definition) is 1. The van der Waals surface area contributed by atoms with Crippen LogP contribution >= 0.6 is 0 Å². The summed E-state index contributed by atoms with van der Waals surface area (Å²) in [4.78, 5) is 27.8. The molecular weight excluding hydrogens is 431 g/mol. The topological polar surface area (TPSA) is 110 Å². The Morgan fingerprint density at radius 2 is 1.97 bits per heavy atom. The summed E-state index contributed by atoms with van der Waals surface area (Å²) in [6, 6.07) is 1.88. The third-order valence-electron chi connectivity index (χ3n) is 5.16. The number of ether oxygens (including phenoxy) is 1. The van der Waals surface area contributed by atoms with Gasteiger partial charge in [0.2, 0.25) is 0 Å². The van der Waals surface area contributed by atoms with E-state index in [4.69, 9.17) is 14.6 Å². The van der Waals surface area contributed by atoms with Gasteiger partial charge in [0, 0.05) is 38.5 Å². The molecule has 1 unspecified atom stereocenters. The largest absolute Gasteiger partial charge is 0.490 e. The third kappa shape index (κ3) is 5.81. The number of halogens is 3. The first-order valence-corrected chi connectivity index (χ1v) is 10.0. The number of aryl methyl sites for hydroxylation is 1. The number of aromatic nitrogens is 4. The van der Waals surface area contributed by atoms with Crippen LogP contribution in [0, 0.1) is 12.8 Å². The number of methoxy groups -OCH3 is 1. The van der Waals surface area contributed by atoms with Crippen molar-refractivity contribution in [2.24, 2.45) is 5.92 Å². The summed E-state index contributed by atoms with van der Waals surface area (Å²) in [6.07, 6.45) is 0.839. The molecule has 1 saturated carbocycles. The summed E-state index contributed by atoms with van der Waals surface area (Å²) in [5.41, 5.74) is 3.63. The van der Waals surface area contributed by atoms with Gasteiger partial charge < -0.3 is 14.7 Å². The Kier molecular flexibility index (Phi) is 7.12. The number of nitrogens with zero attached hydrogens (tertiary/aromatic N) is 5. The van der Waals surface area contributed by atoms with Crippen molar-refractivity contribution in [2.75, 3.05) is 20.3 Å². The number of pyridine rings is 1. The van der Waals surface area contributed by atoms with Crippen LogP contribution in [0.1, 0.15) is 46.1 Å². The van der Waals surface area contributed by atoms with Gasteiger partial charge in [0.25, 0.3) is 5.91 Å². The lowest BCUT2D eigenvalue weighted by atomic mass is 9.98. The molecule has 1 aliphatic carbocycles. The molecule has 1 fully saturated rings. The molecule has 0 radical (unpaired) electrons. The van der Waals surface area contributed by atoms with Crippen LogP contribution in [0.3, 0.4) is 0 Å². The quantitative estimate of drug-likeness (QED) is 0.737. The van der Waals surface area contributed by atoms with Crippen molar-refractivity contribution in [2.45, 2.75) is 44.9 Å². The molecule has 3 heterocycles. The van der Waals surface area contributed by atoms with Crippen LogP contribution in [0.2, 0.25) is 0 Å². The van der Waals surface area contributed by atoms with Gasteiger partial charge in [-0.25, -0.2) is 9.48 Å². The summed E-state index contributed by atoms with van der Waals surface area (Å²) >= 11 is 0. The molecule has 32 heavy (non-hydrogen) atoms.